The van der Waals surface area contributed by atoms with Gasteiger partial charge in [0.05, 0.1) is 26.7 Å². The van der Waals surface area contributed by atoms with E-state index in [1.165, 1.54) is 101 Å². The van der Waals surface area contributed by atoms with Crippen molar-refractivity contribution in [3.63, 3.8) is 0 Å². The number of piperidine rings is 1. The van der Waals surface area contributed by atoms with Crippen LogP contribution in [0.15, 0.2) is 0 Å². The lowest BCUT2D eigenvalue weighted by molar-refractivity contribution is -0.914. The molecule has 0 aromatic rings. The summed E-state index contributed by atoms with van der Waals surface area (Å²) in [4.78, 5) is 0. The number of nitrogens with zero attached hydrogens (tertiary/aromatic N) is 1. The second kappa shape index (κ2) is 12.0. The van der Waals surface area contributed by atoms with Crippen LogP contribution in [0.5, 0.6) is 0 Å². The first-order chi connectivity index (χ1) is 8.77. The molecule has 0 amide bonds. The van der Waals surface area contributed by atoms with Gasteiger partial charge in [0.15, 0.2) is 0 Å². The first-order valence-electron chi connectivity index (χ1n) is 8.60. The summed E-state index contributed by atoms with van der Waals surface area (Å²) in [6.07, 6.45) is 17.5. The van der Waals surface area contributed by atoms with Crippen molar-refractivity contribution in [3.05, 3.63) is 0 Å². The molecule has 116 valence electrons. The van der Waals surface area contributed by atoms with E-state index in [4.69, 9.17) is 0 Å². The van der Waals surface area contributed by atoms with Crippen LogP contribution in [-0.4, -0.2) is 31.2 Å². The van der Waals surface area contributed by atoms with Gasteiger partial charge in [-0.2, -0.15) is 0 Å². The molecule has 2 heteroatoms. The number of unbranched alkanes of at least 4 members (excludes halogenated alkanes) is 8. The number of halogens is 1. The molecule has 0 aliphatic carbocycles. The fourth-order valence-electron chi connectivity index (χ4n) is 3.30. The van der Waals surface area contributed by atoms with Crippen LogP contribution < -0.4 is 12.4 Å². The molecule has 1 heterocycles. The standard InChI is InChI=1S/C17H36N.ClH/c1-3-4-5-6-7-8-9-10-12-15-18(2)16-13-11-14-17-18;/h3-17H2,1-2H3;1H/q+1;/p-1. The Balaban J connectivity index is 0.00000324. The van der Waals surface area contributed by atoms with Crippen LogP contribution in [0, 0.1) is 0 Å². The van der Waals surface area contributed by atoms with Crippen LogP contribution in [0.3, 0.4) is 0 Å². The van der Waals surface area contributed by atoms with Crippen molar-refractivity contribution in [1.29, 1.82) is 0 Å². The molecule has 1 rings (SSSR count). The van der Waals surface area contributed by atoms with Gasteiger partial charge in [-0.15, -0.1) is 0 Å². The molecule has 1 fully saturated rings. The van der Waals surface area contributed by atoms with E-state index < -0.39 is 0 Å². The largest absolute Gasteiger partial charge is 1.00 e. The van der Waals surface area contributed by atoms with E-state index in [-0.39, 0.29) is 12.4 Å². The Bertz CT molecular complexity index is 188. The van der Waals surface area contributed by atoms with Crippen molar-refractivity contribution in [2.75, 3.05) is 26.7 Å². The molecule has 19 heavy (non-hydrogen) atoms. The van der Waals surface area contributed by atoms with Gasteiger partial charge in [-0.3, -0.25) is 0 Å². The summed E-state index contributed by atoms with van der Waals surface area (Å²) in [5.74, 6) is 0. The maximum atomic E-state index is 2.48. The van der Waals surface area contributed by atoms with Crippen LogP contribution >= 0.6 is 0 Å². The zero-order chi connectivity index (χ0) is 13.1. The SMILES string of the molecule is CCCCCCCCCCC[N+]1(C)CCCCC1.[Cl-]. The van der Waals surface area contributed by atoms with Crippen molar-refractivity contribution >= 4 is 0 Å². The maximum absolute atomic E-state index is 2.48. The van der Waals surface area contributed by atoms with E-state index >= 15 is 0 Å². The first-order valence-corrected chi connectivity index (χ1v) is 8.60. The summed E-state index contributed by atoms with van der Waals surface area (Å²) in [5, 5.41) is 0. The Morgan fingerprint density at radius 1 is 0.684 bits per heavy atom. The Hall–Kier alpha value is 0.250. The van der Waals surface area contributed by atoms with E-state index in [2.05, 4.69) is 14.0 Å². The highest BCUT2D eigenvalue weighted by atomic mass is 35.5. The molecule has 0 spiro atoms. The lowest BCUT2D eigenvalue weighted by atomic mass is 10.1. The molecule has 1 saturated heterocycles. The minimum Gasteiger partial charge on any atom is -1.00 e. The Morgan fingerprint density at radius 2 is 1.16 bits per heavy atom. The average Bonchev–Trinajstić information content (AvgIpc) is 2.38. The van der Waals surface area contributed by atoms with Crippen LogP contribution in [0.2, 0.25) is 0 Å². The highest BCUT2D eigenvalue weighted by Crippen LogP contribution is 2.18. The molecule has 0 unspecified atom stereocenters. The minimum absolute atomic E-state index is 0. The van der Waals surface area contributed by atoms with Crippen molar-refractivity contribution in [3.8, 4) is 0 Å². The van der Waals surface area contributed by atoms with E-state index in [0.717, 1.165) is 0 Å². The molecule has 0 aromatic carbocycles. The number of likely N-dealkylation sites (tertiary alicyclic amines) is 1. The predicted molar refractivity (Wildman–Crippen MR) is 81.9 cm³/mol. The van der Waals surface area contributed by atoms with Crippen molar-refractivity contribution in [1.82, 2.24) is 0 Å². The number of hydrogen-bond donors (Lipinski definition) is 0. The molecule has 1 aliphatic heterocycles. The average molecular weight is 290 g/mol. The van der Waals surface area contributed by atoms with Crippen LogP contribution in [-0.2, 0) is 0 Å². The molecular weight excluding hydrogens is 254 g/mol. The first kappa shape index (κ1) is 19.2. The summed E-state index contributed by atoms with van der Waals surface area (Å²) in [6.45, 7) is 6.62. The molecule has 1 nitrogen and oxygen atoms in total. The van der Waals surface area contributed by atoms with Gasteiger partial charge in [-0.25, -0.2) is 0 Å². The van der Waals surface area contributed by atoms with Crippen molar-refractivity contribution in [2.45, 2.75) is 84.0 Å². The van der Waals surface area contributed by atoms with Gasteiger partial charge in [0.1, 0.15) is 0 Å². The summed E-state index contributed by atoms with van der Waals surface area (Å²) in [5.41, 5.74) is 0. The third-order valence-electron chi connectivity index (χ3n) is 4.70. The van der Waals surface area contributed by atoms with Gasteiger partial charge in [0.25, 0.3) is 0 Å². The van der Waals surface area contributed by atoms with E-state index in [1.54, 1.807) is 0 Å². The van der Waals surface area contributed by atoms with Gasteiger partial charge in [0, 0.05) is 0 Å². The van der Waals surface area contributed by atoms with Gasteiger partial charge in [0.2, 0.25) is 0 Å². The molecule has 0 atom stereocenters. The smallest absolute Gasteiger partial charge is 0.0784 e. The van der Waals surface area contributed by atoms with Crippen LogP contribution in [0.4, 0.5) is 0 Å². The second-order valence-electron chi connectivity index (χ2n) is 6.68. The van der Waals surface area contributed by atoms with Gasteiger partial charge in [-0.1, -0.05) is 51.9 Å². The van der Waals surface area contributed by atoms with Crippen LogP contribution in [0.1, 0.15) is 84.0 Å². The fraction of sp³-hybridized carbons (Fsp3) is 1.00. The molecule has 0 N–H and O–H groups in total. The lowest BCUT2D eigenvalue weighted by Crippen LogP contribution is -3.00. The molecule has 0 radical (unpaired) electrons. The zero-order valence-electron chi connectivity index (χ0n) is 13.4. The molecule has 0 saturated carbocycles. The summed E-state index contributed by atoms with van der Waals surface area (Å²) >= 11 is 0. The number of rotatable bonds is 10. The highest BCUT2D eigenvalue weighted by molar-refractivity contribution is 4.53. The second-order valence-corrected chi connectivity index (χ2v) is 6.68. The highest BCUT2D eigenvalue weighted by Gasteiger charge is 2.23. The maximum Gasteiger partial charge on any atom is 0.0784 e. The van der Waals surface area contributed by atoms with Crippen molar-refractivity contribution < 1.29 is 16.9 Å². The van der Waals surface area contributed by atoms with Crippen molar-refractivity contribution in [2.24, 2.45) is 0 Å². The van der Waals surface area contributed by atoms with E-state index in [9.17, 15) is 0 Å². The van der Waals surface area contributed by atoms with E-state index in [0.29, 0.717) is 0 Å². The summed E-state index contributed by atoms with van der Waals surface area (Å²) < 4.78 is 1.37. The molecule has 0 aromatic heterocycles. The molecule has 1 aliphatic rings. The zero-order valence-corrected chi connectivity index (χ0v) is 14.2. The van der Waals surface area contributed by atoms with Gasteiger partial charge >= 0.3 is 0 Å². The normalized spacial score (nSPS) is 18.0. The Kier molecular flexibility index (Phi) is 12.2. The minimum atomic E-state index is 0. The van der Waals surface area contributed by atoms with E-state index in [1.807, 2.05) is 0 Å². The van der Waals surface area contributed by atoms with Crippen LogP contribution in [0.25, 0.3) is 0 Å². The molecule has 0 bridgehead atoms. The van der Waals surface area contributed by atoms with Gasteiger partial charge < -0.3 is 16.9 Å². The predicted octanol–water partition coefficient (Wildman–Crippen LogP) is 2.15. The fourth-order valence-corrected chi connectivity index (χ4v) is 3.30. The third-order valence-corrected chi connectivity index (χ3v) is 4.70. The third kappa shape index (κ3) is 9.73. The Labute approximate surface area is 128 Å². The van der Waals surface area contributed by atoms with Gasteiger partial charge in [-0.05, 0) is 32.1 Å². The summed E-state index contributed by atoms with van der Waals surface area (Å²) in [6, 6.07) is 0. The summed E-state index contributed by atoms with van der Waals surface area (Å²) in [7, 11) is 2.48. The Morgan fingerprint density at radius 3 is 1.68 bits per heavy atom. The topological polar surface area (TPSA) is 0 Å². The lowest BCUT2D eigenvalue weighted by Gasteiger charge is -2.37. The monoisotopic (exact) mass is 289 g/mol. The number of hydrogen-bond acceptors (Lipinski definition) is 0. The number of quaternary nitrogens is 1. The molecular formula is C17H36ClN. The quantitative estimate of drug-likeness (QED) is 0.427.